The number of aromatic nitrogens is 2. The molecule has 2 aromatic heterocycles. The lowest BCUT2D eigenvalue weighted by atomic mass is 10.00. The molecule has 1 fully saturated rings. The van der Waals surface area contributed by atoms with Crippen LogP contribution in [-0.2, 0) is 0 Å². The lowest BCUT2D eigenvalue weighted by molar-refractivity contribution is 0.0643. The molecule has 0 atom stereocenters. The summed E-state index contributed by atoms with van der Waals surface area (Å²) in [5, 5.41) is 0.898. The Labute approximate surface area is 198 Å². The van der Waals surface area contributed by atoms with Crippen LogP contribution in [0.4, 0.5) is 4.39 Å². The van der Waals surface area contributed by atoms with Gasteiger partial charge in [0.1, 0.15) is 17.2 Å². The fourth-order valence-corrected chi connectivity index (χ4v) is 4.58. The summed E-state index contributed by atoms with van der Waals surface area (Å²) in [4.78, 5) is 25.0. The van der Waals surface area contributed by atoms with E-state index in [4.69, 9.17) is 4.74 Å². The fraction of sp³-hybridized carbons (Fsp3) is 0.259. The maximum atomic E-state index is 14.6. The van der Waals surface area contributed by atoms with Gasteiger partial charge in [-0.3, -0.25) is 4.79 Å². The highest BCUT2D eigenvalue weighted by Crippen LogP contribution is 2.36. The Bertz CT molecular complexity index is 1340. The highest BCUT2D eigenvalue weighted by atomic mass is 19.1. The molecule has 1 amide bonds. The number of carbonyl (C=O) groups excluding carboxylic acids is 1. The van der Waals surface area contributed by atoms with E-state index in [1.165, 1.54) is 12.1 Å². The molecule has 0 spiro atoms. The van der Waals surface area contributed by atoms with Gasteiger partial charge < -0.3 is 19.5 Å². The molecular weight excluding hydrogens is 431 g/mol. The van der Waals surface area contributed by atoms with Crippen molar-refractivity contribution >= 4 is 16.9 Å². The third-order valence-corrected chi connectivity index (χ3v) is 6.51. The summed E-state index contributed by atoms with van der Waals surface area (Å²) in [6.07, 6.45) is 3.60. The summed E-state index contributed by atoms with van der Waals surface area (Å²) in [5.41, 5.74) is 4.34. The van der Waals surface area contributed by atoms with Crippen LogP contribution >= 0.6 is 0 Å². The van der Waals surface area contributed by atoms with Crippen molar-refractivity contribution in [1.82, 2.24) is 19.8 Å². The predicted molar refractivity (Wildman–Crippen MR) is 131 cm³/mol. The first-order valence-electron chi connectivity index (χ1n) is 11.5. The van der Waals surface area contributed by atoms with Crippen molar-refractivity contribution in [3.05, 3.63) is 72.3 Å². The van der Waals surface area contributed by atoms with E-state index in [9.17, 15) is 9.18 Å². The number of likely N-dealkylation sites (N-methyl/N-ethyl adjacent to an activating group) is 1. The molecule has 3 heterocycles. The number of rotatable bonds is 5. The van der Waals surface area contributed by atoms with E-state index in [0.717, 1.165) is 53.1 Å². The predicted octanol–water partition coefficient (Wildman–Crippen LogP) is 4.82. The number of halogens is 1. The normalized spacial score (nSPS) is 14.5. The monoisotopic (exact) mass is 458 g/mol. The number of carbonyl (C=O) groups is 1. The van der Waals surface area contributed by atoms with Gasteiger partial charge in [-0.2, -0.15) is 0 Å². The molecule has 0 bridgehead atoms. The zero-order chi connectivity index (χ0) is 23.7. The van der Waals surface area contributed by atoms with Gasteiger partial charge in [-0.1, -0.05) is 25.1 Å². The highest BCUT2D eigenvalue weighted by molar-refractivity contribution is 5.98. The number of pyridine rings is 1. The van der Waals surface area contributed by atoms with Crippen molar-refractivity contribution < 1.29 is 13.9 Å². The number of benzene rings is 2. The molecule has 1 N–H and O–H groups in total. The second-order valence-corrected chi connectivity index (χ2v) is 8.48. The van der Waals surface area contributed by atoms with Crippen LogP contribution in [0.5, 0.6) is 5.75 Å². The summed E-state index contributed by atoms with van der Waals surface area (Å²) in [6, 6.07) is 14.3. The Morgan fingerprint density at radius 1 is 1.06 bits per heavy atom. The molecule has 0 radical (unpaired) electrons. The topological polar surface area (TPSA) is 61.5 Å². The number of H-pyrrole nitrogens is 1. The van der Waals surface area contributed by atoms with Crippen molar-refractivity contribution in [3.63, 3.8) is 0 Å². The number of amides is 1. The standard InChI is InChI=1S/C27H27FN4O2/c1-3-31-8-10-32(11-9-31)27(33)19-12-18(13-21(28)14-19)20-15-23-24(17-30-26(23)29-16-20)22-6-4-5-7-25(22)34-2/h4-7,12-17H,3,8-11H2,1-2H3,(H,29,30). The minimum Gasteiger partial charge on any atom is -0.496 e. The number of nitrogens with zero attached hydrogens (tertiary/aromatic N) is 3. The third kappa shape index (κ3) is 4.15. The summed E-state index contributed by atoms with van der Waals surface area (Å²) in [6.45, 7) is 6.06. The molecule has 174 valence electrons. The van der Waals surface area contributed by atoms with E-state index in [2.05, 4.69) is 21.8 Å². The van der Waals surface area contributed by atoms with Gasteiger partial charge in [-0.25, -0.2) is 9.37 Å². The Kier molecular flexibility index (Phi) is 6.02. The van der Waals surface area contributed by atoms with Gasteiger partial charge in [0.15, 0.2) is 0 Å². The van der Waals surface area contributed by atoms with Crippen molar-refractivity contribution in [3.8, 4) is 28.0 Å². The molecule has 4 aromatic rings. The van der Waals surface area contributed by atoms with Gasteiger partial charge in [0.05, 0.1) is 7.11 Å². The molecule has 1 aliphatic heterocycles. The van der Waals surface area contributed by atoms with Gasteiger partial charge >= 0.3 is 0 Å². The van der Waals surface area contributed by atoms with Crippen molar-refractivity contribution in [1.29, 1.82) is 0 Å². The maximum absolute atomic E-state index is 14.6. The summed E-state index contributed by atoms with van der Waals surface area (Å²) < 4.78 is 20.2. The van der Waals surface area contributed by atoms with Crippen LogP contribution in [0.2, 0.25) is 0 Å². The first kappa shape index (κ1) is 22.1. The second-order valence-electron chi connectivity index (χ2n) is 8.48. The lowest BCUT2D eigenvalue weighted by Gasteiger charge is -2.34. The minimum absolute atomic E-state index is 0.137. The summed E-state index contributed by atoms with van der Waals surface area (Å²) in [5.74, 6) is 0.185. The van der Waals surface area contributed by atoms with E-state index in [0.29, 0.717) is 24.2 Å². The number of ether oxygens (including phenoxy) is 1. The highest BCUT2D eigenvalue weighted by Gasteiger charge is 2.22. The van der Waals surface area contributed by atoms with Gasteiger partial charge in [0.2, 0.25) is 0 Å². The number of fused-ring (bicyclic) bond motifs is 1. The largest absolute Gasteiger partial charge is 0.496 e. The van der Waals surface area contributed by atoms with Gasteiger partial charge in [-0.15, -0.1) is 0 Å². The molecule has 5 rings (SSSR count). The van der Waals surface area contributed by atoms with Crippen LogP contribution < -0.4 is 4.74 Å². The number of para-hydroxylation sites is 1. The number of aromatic amines is 1. The van der Waals surface area contributed by atoms with Gasteiger partial charge in [0.25, 0.3) is 5.91 Å². The zero-order valence-electron chi connectivity index (χ0n) is 19.3. The van der Waals surface area contributed by atoms with Crippen LogP contribution in [0.3, 0.4) is 0 Å². The second kappa shape index (κ2) is 9.27. The molecule has 34 heavy (non-hydrogen) atoms. The number of hydrogen-bond donors (Lipinski definition) is 1. The van der Waals surface area contributed by atoms with E-state index in [1.54, 1.807) is 24.3 Å². The first-order valence-corrected chi connectivity index (χ1v) is 11.5. The van der Waals surface area contributed by atoms with Crippen LogP contribution in [0.25, 0.3) is 33.3 Å². The average Bonchev–Trinajstić information content (AvgIpc) is 3.31. The summed E-state index contributed by atoms with van der Waals surface area (Å²) >= 11 is 0. The SMILES string of the molecule is CCN1CCN(C(=O)c2cc(F)cc(-c3cnc4[nH]cc(-c5ccccc5OC)c4c3)c2)CC1. The lowest BCUT2D eigenvalue weighted by Crippen LogP contribution is -2.48. The van der Waals surface area contributed by atoms with E-state index in [-0.39, 0.29) is 5.91 Å². The Morgan fingerprint density at radius 2 is 1.85 bits per heavy atom. The molecule has 7 heteroatoms. The van der Waals surface area contributed by atoms with E-state index in [1.807, 2.05) is 36.5 Å². The smallest absolute Gasteiger partial charge is 0.254 e. The number of hydrogen-bond acceptors (Lipinski definition) is 4. The summed E-state index contributed by atoms with van der Waals surface area (Å²) in [7, 11) is 1.64. The number of methoxy groups -OCH3 is 1. The molecule has 0 saturated carbocycles. The molecule has 6 nitrogen and oxygen atoms in total. The molecule has 0 aliphatic carbocycles. The number of nitrogens with one attached hydrogen (secondary N) is 1. The minimum atomic E-state index is -0.438. The number of piperazine rings is 1. The molecular formula is C27H27FN4O2. The maximum Gasteiger partial charge on any atom is 0.254 e. The quantitative estimate of drug-likeness (QED) is 0.466. The van der Waals surface area contributed by atoms with E-state index >= 15 is 0 Å². The van der Waals surface area contributed by atoms with Crippen molar-refractivity contribution in [2.24, 2.45) is 0 Å². The van der Waals surface area contributed by atoms with E-state index < -0.39 is 5.82 Å². The molecule has 2 aromatic carbocycles. The Hall–Kier alpha value is -3.71. The van der Waals surface area contributed by atoms with Gasteiger partial charge in [-0.05, 0) is 42.4 Å². The van der Waals surface area contributed by atoms with Crippen LogP contribution in [0, 0.1) is 5.82 Å². The molecule has 0 unspecified atom stereocenters. The zero-order valence-corrected chi connectivity index (χ0v) is 19.3. The fourth-order valence-electron chi connectivity index (χ4n) is 4.58. The average molecular weight is 459 g/mol. The van der Waals surface area contributed by atoms with Gasteiger partial charge in [0, 0.05) is 66.2 Å². The molecule has 1 aliphatic rings. The van der Waals surface area contributed by atoms with Crippen LogP contribution in [-0.4, -0.2) is 65.5 Å². The Balaban J connectivity index is 1.50. The third-order valence-electron chi connectivity index (χ3n) is 6.51. The van der Waals surface area contributed by atoms with Crippen LogP contribution in [0.15, 0.2) is 60.9 Å². The van der Waals surface area contributed by atoms with Crippen LogP contribution in [0.1, 0.15) is 17.3 Å². The first-order chi connectivity index (χ1) is 16.6. The molecule has 1 saturated heterocycles. The van der Waals surface area contributed by atoms with Crippen molar-refractivity contribution in [2.45, 2.75) is 6.92 Å². The Morgan fingerprint density at radius 3 is 2.62 bits per heavy atom. The van der Waals surface area contributed by atoms with Crippen molar-refractivity contribution in [2.75, 3.05) is 39.8 Å².